The van der Waals surface area contributed by atoms with E-state index in [1.165, 1.54) is 44.2 Å². The van der Waals surface area contributed by atoms with Gasteiger partial charge in [0.25, 0.3) is 0 Å². The first-order chi connectivity index (χ1) is 8.33. The molecule has 0 N–H and O–H groups in total. The summed E-state index contributed by atoms with van der Waals surface area (Å²) in [5.74, 6) is 2.89. The molecule has 2 heteroatoms. The Balaban J connectivity index is 1.51. The predicted octanol–water partition coefficient (Wildman–Crippen LogP) is 4.15. The molecule has 2 aliphatic carbocycles. The van der Waals surface area contributed by atoms with Gasteiger partial charge in [-0.25, -0.2) is 0 Å². The summed E-state index contributed by atoms with van der Waals surface area (Å²) in [5, 5.41) is 0. The largest absolute Gasteiger partial charge is 0.420 e. The van der Waals surface area contributed by atoms with Gasteiger partial charge in [-0.15, -0.1) is 0 Å². The van der Waals surface area contributed by atoms with Gasteiger partial charge in [0.15, 0.2) is 9.04 Å². The minimum Gasteiger partial charge on any atom is -0.420 e. The fourth-order valence-electron chi connectivity index (χ4n) is 3.51. The normalized spacial score (nSPS) is 30.6. The van der Waals surface area contributed by atoms with E-state index in [0.29, 0.717) is 0 Å². The van der Waals surface area contributed by atoms with Crippen LogP contribution in [0.15, 0.2) is 12.2 Å². The minimum atomic E-state index is -0.784. The lowest BCUT2D eigenvalue weighted by Crippen LogP contribution is -2.16. The van der Waals surface area contributed by atoms with Crippen LogP contribution in [0.4, 0.5) is 0 Å². The SMILES string of the molecule is CC[SiH](CC)OCCCCC1CC2C=CC1C2. The van der Waals surface area contributed by atoms with Crippen molar-refractivity contribution in [3.8, 4) is 0 Å². The van der Waals surface area contributed by atoms with E-state index in [2.05, 4.69) is 26.0 Å². The van der Waals surface area contributed by atoms with Crippen molar-refractivity contribution >= 4 is 9.04 Å². The zero-order chi connectivity index (χ0) is 12.1. The van der Waals surface area contributed by atoms with Crippen molar-refractivity contribution in [3.05, 3.63) is 12.2 Å². The third-order valence-corrected chi connectivity index (χ3v) is 7.18. The molecular formula is C15H28OSi. The lowest BCUT2D eigenvalue weighted by molar-refractivity contribution is 0.295. The Morgan fingerprint density at radius 2 is 1.94 bits per heavy atom. The number of rotatable bonds is 8. The molecule has 1 nitrogen and oxygen atoms in total. The van der Waals surface area contributed by atoms with Crippen LogP contribution in [0.5, 0.6) is 0 Å². The molecule has 0 heterocycles. The molecule has 1 saturated carbocycles. The van der Waals surface area contributed by atoms with Crippen molar-refractivity contribution in [2.75, 3.05) is 6.61 Å². The van der Waals surface area contributed by atoms with Crippen LogP contribution in [0.3, 0.4) is 0 Å². The Bertz CT molecular complexity index is 247. The van der Waals surface area contributed by atoms with E-state index >= 15 is 0 Å². The van der Waals surface area contributed by atoms with Gasteiger partial charge in [-0.1, -0.05) is 32.4 Å². The molecule has 1 fully saturated rings. The third-order valence-electron chi connectivity index (χ3n) is 4.65. The number of hydrogen-bond acceptors (Lipinski definition) is 1. The molecule has 0 spiro atoms. The van der Waals surface area contributed by atoms with E-state index in [1.807, 2.05) is 0 Å². The summed E-state index contributed by atoms with van der Waals surface area (Å²) in [6, 6.07) is 2.60. The van der Waals surface area contributed by atoms with Crippen molar-refractivity contribution in [3.63, 3.8) is 0 Å². The third kappa shape index (κ3) is 3.69. The summed E-state index contributed by atoms with van der Waals surface area (Å²) in [6.07, 6.45) is 12.0. The maximum Gasteiger partial charge on any atom is 0.176 e. The Hall–Kier alpha value is -0.0831. The van der Waals surface area contributed by atoms with Gasteiger partial charge in [0, 0.05) is 6.61 Å². The molecule has 2 rings (SSSR count). The maximum atomic E-state index is 5.99. The van der Waals surface area contributed by atoms with Crippen molar-refractivity contribution in [2.24, 2.45) is 17.8 Å². The Kier molecular flexibility index (Phi) is 5.30. The van der Waals surface area contributed by atoms with E-state index in [1.54, 1.807) is 0 Å². The molecule has 2 bridgehead atoms. The molecule has 0 aliphatic heterocycles. The second-order valence-corrected chi connectivity index (χ2v) is 9.06. The van der Waals surface area contributed by atoms with E-state index < -0.39 is 9.04 Å². The van der Waals surface area contributed by atoms with Gasteiger partial charge in [0.05, 0.1) is 0 Å². The average molecular weight is 252 g/mol. The lowest BCUT2D eigenvalue weighted by atomic mass is 9.89. The Morgan fingerprint density at radius 3 is 2.53 bits per heavy atom. The van der Waals surface area contributed by atoms with Crippen LogP contribution in [0, 0.1) is 17.8 Å². The summed E-state index contributed by atoms with van der Waals surface area (Å²) >= 11 is 0. The first kappa shape index (κ1) is 13.4. The highest BCUT2D eigenvalue weighted by Crippen LogP contribution is 2.45. The smallest absolute Gasteiger partial charge is 0.176 e. The fraction of sp³-hybridized carbons (Fsp3) is 0.867. The topological polar surface area (TPSA) is 9.23 Å². The predicted molar refractivity (Wildman–Crippen MR) is 76.8 cm³/mol. The highest BCUT2D eigenvalue weighted by atomic mass is 28.3. The molecule has 0 aromatic heterocycles. The molecule has 0 aromatic carbocycles. The zero-order valence-electron chi connectivity index (χ0n) is 11.5. The van der Waals surface area contributed by atoms with Crippen molar-refractivity contribution in [1.82, 2.24) is 0 Å². The fourth-order valence-corrected chi connectivity index (χ4v) is 5.06. The molecule has 98 valence electrons. The van der Waals surface area contributed by atoms with E-state index in [0.717, 1.165) is 24.4 Å². The van der Waals surface area contributed by atoms with E-state index in [-0.39, 0.29) is 0 Å². The molecular weight excluding hydrogens is 224 g/mol. The van der Waals surface area contributed by atoms with Crippen LogP contribution in [0.2, 0.25) is 12.1 Å². The quantitative estimate of drug-likeness (QED) is 0.358. The van der Waals surface area contributed by atoms with Gasteiger partial charge in [-0.05, 0) is 55.5 Å². The van der Waals surface area contributed by atoms with Gasteiger partial charge in [-0.3, -0.25) is 0 Å². The van der Waals surface area contributed by atoms with Crippen LogP contribution < -0.4 is 0 Å². The zero-order valence-corrected chi connectivity index (χ0v) is 12.7. The van der Waals surface area contributed by atoms with E-state index in [4.69, 9.17) is 4.43 Å². The summed E-state index contributed by atoms with van der Waals surface area (Å²) in [4.78, 5) is 0. The number of hydrogen-bond donors (Lipinski definition) is 0. The Labute approximate surface area is 108 Å². The highest BCUT2D eigenvalue weighted by molar-refractivity contribution is 6.51. The molecule has 3 atom stereocenters. The van der Waals surface area contributed by atoms with Crippen LogP contribution in [0.1, 0.15) is 46.0 Å². The van der Waals surface area contributed by atoms with Crippen LogP contribution in [0.25, 0.3) is 0 Å². The second kappa shape index (κ2) is 6.74. The van der Waals surface area contributed by atoms with Gasteiger partial charge >= 0.3 is 0 Å². The van der Waals surface area contributed by atoms with Crippen molar-refractivity contribution in [1.29, 1.82) is 0 Å². The molecule has 0 saturated heterocycles. The summed E-state index contributed by atoms with van der Waals surface area (Å²) in [7, 11) is -0.784. The van der Waals surface area contributed by atoms with Crippen molar-refractivity contribution in [2.45, 2.75) is 58.0 Å². The summed E-state index contributed by atoms with van der Waals surface area (Å²) < 4.78 is 5.99. The second-order valence-electron chi connectivity index (χ2n) is 5.85. The first-order valence-electron chi connectivity index (χ1n) is 7.63. The molecule has 17 heavy (non-hydrogen) atoms. The average Bonchev–Trinajstić information content (AvgIpc) is 2.96. The molecule has 3 unspecified atom stereocenters. The van der Waals surface area contributed by atoms with Crippen LogP contribution in [-0.4, -0.2) is 15.6 Å². The monoisotopic (exact) mass is 252 g/mol. The summed E-state index contributed by atoms with van der Waals surface area (Å²) in [5.41, 5.74) is 0. The number of fused-ring (bicyclic) bond motifs is 2. The maximum absolute atomic E-state index is 5.99. The standard InChI is InChI=1S/C15H28OSi/c1-3-17(4-2)16-10-6-5-7-14-11-13-8-9-15(14)12-13/h8-9,13-15,17H,3-7,10-12H2,1-2H3. The van der Waals surface area contributed by atoms with Gasteiger partial charge in [0.2, 0.25) is 0 Å². The van der Waals surface area contributed by atoms with E-state index in [9.17, 15) is 0 Å². The highest BCUT2D eigenvalue weighted by Gasteiger charge is 2.34. The molecule has 2 aliphatic rings. The minimum absolute atomic E-state index is 0.784. The Morgan fingerprint density at radius 1 is 1.12 bits per heavy atom. The van der Waals surface area contributed by atoms with Gasteiger partial charge in [0.1, 0.15) is 0 Å². The summed E-state index contributed by atoms with van der Waals surface area (Å²) in [6.45, 7) is 5.60. The lowest BCUT2D eigenvalue weighted by Gasteiger charge is -2.18. The molecule has 0 radical (unpaired) electrons. The van der Waals surface area contributed by atoms with Crippen LogP contribution >= 0.6 is 0 Å². The number of allylic oxidation sites excluding steroid dienone is 2. The van der Waals surface area contributed by atoms with Gasteiger partial charge < -0.3 is 4.43 Å². The van der Waals surface area contributed by atoms with Gasteiger partial charge in [-0.2, -0.15) is 0 Å². The van der Waals surface area contributed by atoms with Crippen molar-refractivity contribution < 1.29 is 4.43 Å². The molecule has 0 amide bonds. The number of unbranched alkanes of at least 4 members (excludes halogenated alkanes) is 1. The van der Waals surface area contributed by atoms with Crippen LogP contribution in [-0.2, 0) is 4.43 Å². The first-order valence-corrected chi connectivity index (χ1v) is 9.73. The molecule has 0 aromatic rings.